The van der Waals surface area contributed by atoms with Crippen LogP contribution in [0.15, 0.2) is 56.8 Å². The number of rotatable bonds is 9. The van der Waals surface area contributed by atoms with Gasteiger partial charge >= 0.3 is 0 Å². The second-order valence-electron chi connectivity index (χ2n) is 10.3. The molecule has 12 nitrogen and oxygen atoms in total. The summed E-state index contributed by atoms with van der Waals surface area (Å²) in [6, 6.07) is 7.94. The molecule has 4 rings (SSSR count). The number of para-hydroxylation sites is 1. The van der Waals surface area contributed by atoms with Gasteiger partial charge in [0.05, 0.1) is 35.3 Å². The highest BCUT2D eigenvalue weighted by Gasteiger charge is 2.37. The van der Waals surface area contributed by atoms with Crippen LogP contribution in [-0.2, 0) is 20.0 Å². The van der Waals surface area contributed by atoms with Crippen molar-refractivity contribution in [1.29, 1.82) is 0 Å². The van der Waals surface area contributed by atoms with E-state index in [1.165, 1.54) is 44.0 Å². The Kier molecular flexibility index (Phi) is 8.97. The van der Waals surface area contributed by atoms with Crippen LogP contribution in [0, 0.1) is 25.6 Å². The highest BCUT2D eigenvalue weighted by molar-refractivity contribution is 7.92. The lowest BCUT2D eigenvalue weighted by atomic mass is 9.99. The van der Waals surface area contributed by atoms with Gasteiger partial charge in [0.1, 0.15) is 22.5 Å². The highest BCUT2D eigenvalue weighted by Crippen LogP contribution is 2.36. The molecule has 0 fully saturated rings. The molecule has 1 aliphatic rings. The summed E-state index contributed by atoms with van der Waals surface area (Å²) in [6.07, 6.45) is -0.873. The van der Waals surface area contributed by atoms with E-state index in [2.05, 4.69) is 9.88 Å². The second kappa shape index (κ2) is 12.0. The Morgan fingerprint density at radius 2 is 1.83 bits per heavy atom. The molecule has 228 valence electrons. The fourth-order valence-corrected chi connectivity index (χ4v) is 7.24. The zero-order chi connectivity index (χ0) is 31.0. The maximum atomic E-state index is 13.7. The Hall–Kier alpha value is -3.53. The number of fused-ring (bicyclic) bond motifs is 1. The first-order valence-electron chi connectivity index (χ1n) is 13.1. The number of nitrogens with one attached hydrogen (secondary N) is 1. The van der Waals surface area contributed by atoms with E-state index in [-0.39, 0.29) is 57.9 Å². The maximum absolute atomic E-state index is 13.7. The van der Waals surface area contributed by atoms with Gasteiger partial charge in [0.15, 0.2) is 11.5 Å². The number of hydrogen-bond acceptors (Lipinski definition) is 9. The summed E-state index contributed by atoms with van der Waals surface area (Å²) in [7, 11) is -6.93. The summed E-state index contributed by atoms with van der Waals surface area (Å²) in [6.45, 7) is 6.04. The van der Waals surface area contributed by atoms with Crippen LogP contribution in [0.3, 0.4) is 0 Å². The third kappa shape index (κ3) is 6.14. The molecule has 0 radical (unpaired) electrons. The Bertz CT molecular complexity index is 1660. The van der Waals surface area contributed by atoms with Gasteiger partial charge in [-0.05, 0) is 57.2 Å². The second-order valence-corrected chi connectivity index (χ2v) is 14.0. The Morgan fingerprint density at radius 1 is 1.17 bits per heavy atom. The van der Waals surface area contributed by atoms with Crippen LogP contribution < -0.4 is 9.46 Å². The number of benzene rings is 2. The van der Waals surface area contributed by atoms with E-state index in [0.29, 0.717) is 0 Å². The number of halogens is 1. The van der Waals surface area contributed by atoms with Crippen molar-refractivity contribution in [2.24, 2.45) is 5.92 Å². The van der Waals surface area contributed by atoms with E-state index in [1.807, 2.05) is 0 Å². The van der Waals surface area contributed by atoms with Crippen molar-refractivity contribution in [3.05, 3.63) is 65.3 Å². The molecule has 0 unspecified atom stereocenters. The smallest absolute Gasteiger partial charge is 0.262 e. The number of sulfonamides is 2. The van der Waals surface area contributed by atoms with Gasteiger partial charge in [-0.1, -0.05) is 18.1 Å². The van der Waals surface area contributed by atoms with Gasteiger partial charge in [-0.3, -0.25) is 9.52 Å². The minimum atomic E-state index is -4.24. The van der Waals surface area contributed by atoms with Gasteiger partial charge in [0.2, 0.25) is 10.0 Å². The summed E-state index contributed by atoms with van der Waals surface area (Å²) in [5.41, 5.74) is 0.141. The van der Waals surface area contributed by atoms with E-state index < -0.39 is 49.8 Å². The SMILES string of the molecule is Cc1noc(C)c1S(=O)(=O)N(C)C[C@H]1Oc2c(NS(=O)(=O)c3ccc(F)cc3)cccc2C(=O)N([C@@H](C)CO)C[C@H]1C. The monoisotopic (exact) mass is 624 g/mol. The lowest BCUT2D eigenvalue weighted by Crippen LogP contribution is -2.50. The van der Waals surface area contributed by atoms with Crippen molar-refractivity contribution >= 4 is 31.6 Å². The number of aryl methyl sites for hydroxylation is 2. The molecule has 15 heteroatoms. The Balaban J connectivity index is 1.78. The number of aromatic nitrogens is 1. The van der Waals surface area contributed by atoms with E-state index in [1.54, 1.807) is 13.8 Å². The third-order valence-electron chi connectivity index (χ3n) is 7.13. The Morgan fingerprint density at radius 3 is 2.43 bits per heavy atom. The normalized spacial score (nSPS) is 18.7. The molecule has 42 heavy (non-hydrogen) atoms. The number of ether oxygens (including phenoxy) is 1. The average Bonchev–Trinajstić information content (AvgIpc) is 3.28. The van der Waals surface area contributed by atoms with Crippen LogP contribution in [0.25, 0.3) is 0 Å². The van der Waals surface area contributed by atoms with Crippen molar-refractivity contribution in [3.8, 4) is 5.75 Å². The molecule has 3 atom stereocenters. The lowest BCUT2D eigenvalue weighted by Gasteiger charge is -2.38. The van der Waals surface area contributed by atoms with Gasteiger partial charge in [0.25, 0.3) is 15.9 Å². The minimum Gasteiger partial charge on any atom is -0.486 e. The molecular weight excluding hydrogens is 591 g/mol. The van der Waals surface area contributed by atoms with Gasteiger partial charge in [-0.25, -0.2) is 21.2 Å². The fraction of sp³-hybridized carbons (Fsp3) is 0.407. The molecule has 2 heterocycles. The zero-order valence-electron chi connectivity index (χ0n) is 23.7. The molecule has 2 N–H and O–H groups in total. The van der Waals surface area contributed by atoms with E-state index in [0.717, 1.165) is 28.6 Å². The van der Waals surface area contributed by atoms with Crippen molar-refractivity contribution in [2.75, 3.05) is 31.5 Å². The van der Waals surface area contributed by atoms with E-state index in [9.17, 15) is 31.1 Å². The molecule has 0 aliphatic carbocycles. The summed E-state index contributed by atoms with van der Waals surface area (Å²) >= 11 is 0. The van der Waals surface area contributed by atoms with Crippen molar-refractivity contribution in [2.45, 2.75) is 49.6 Å². The number of hydrogen-bond donors (Lipinski definition) is 2. The van der Waals surface area contributed by atoms with Gasteiger partial charge in [0, 0.05) is 19.5 Å². The minimum absolute atomic E-state index is 0.0164. The zero-order valence-corrected chi connectivity index (χ0v) is 25.4. The van der Waals surface area contributed by atoms with Crippen LogP contribution in [0.2, 0.25) is 0 Å². The third-order valence-corrected chi connectivity index (χ3v) is 10.6. The standard InChI is InChI=1S/C27H33FN4O8S2/c1-16-13-32(17(2)15-33)27(34)22-7-6-8-23(30-41(35,36)21-11-9-20(28)10-12-21)25(22)39-24(16)14-31(5)42(37,38)26-18(3)29-40-19(26)4/h6-12,16-17,24,30,33H,13-15H2,1-5H3/t16-,17+,24-/m1/s1. The molecule has 1 aromatic heterocycles. The number of likely N-dealkylation sites (N-methyl/N-ethyl adjacent to an activating group) is 1. The van der Waals surface area contributed by atoms with Gasteiger partial charge in [-0.2, -0.15) is 4.31 Å². The number of amides is 1. The first-order chi connectivity index (χ1) is 19.7. The predicted octanol–water partition coefficient (Wildman–Crippen LogP) is 2.77. The quantitative estimate of drug-likeness (QED) is 0.365. The number of anilines is 1. The molecule has 0 saturated carbocycles. The molecule has 0 saturated heterocycles. The number of carbonyl (C=O) groups excluding carboxylic acids is 1. The van der Waals surface area contributed by atoms with E-state index in [4.69, 9.17) is 9.26 Å². The first-order valence-corrected chi connectivity index (χ1v) is 16.0. The van der Waals surface area contributed by atoms with Gasteiger partial charge < -0.3 is 19.3 Å². The van der Waals surface area contributed by atoms with E-state index >= 15 is 0 Å². The fourth-order valence-electron chi connectivity index (χ4n) is 4.71. The molecule has 0 spiro atoms. The number of aliphatic hydroxyl groups is 1. The largest absolute Gasteiger partial charge is 0.486 e. The van der Waals surface area contributed by atoms with Crippen molar-refractivity contribution < 1.29 is 40.4 Å². The summed E-state index contributed by atoms with van der Waals surface area (Å²) in [5.74, 6) is -1.57. The van der Waals surface area contributed by atoms with Crippen LogP contribution >= 0.6 is 0 Å². The molecule has 1 aliphatic heterocycles. The van der Waals surface area contributed by atoms with Crippen molar-refractivity contribution in [1.82, 2.24) is 14.4 Å². The molecule has 0 bridgehead atoms. The van der Waals surface area contributed by atoms with Gasteiger partial charge in [-0.15, -0.1) is 0 Å². The topological polar surface area (TPSA) is 159 Å². The van der Waals surface area contributed by atoms with Crippen LogP contribution in [-0.4, -0.2) is 81.1 Å². The maximum Gasteiger partial charge on any atom is 0.262 e. The molecule has 1 amide bonds. The van der Waals surface area contributed by atoms with Crippen LogP contribution in [0.4, 0.5) is 10.1 Å². The summed E-state index contributed by atoms with van der Waals surface area (Å²) in [5, 5.41) is 13.6. The molecule has 2 aromatic carbocycles. The average molecular weight is 625 g/mol. The van der Waals surface area contributed by atoms with Crippen molar-refractivity contribution in [3.63, 3.8) is 0 Å². The first kappa shape index (κ1) is 31.4. The lowest BCUT2D eigenvalue weighted by molar-refractivity contribution is 0.0389. The van der Waals surface area contributed by atoms with Crippen LogP contribution in [0.1, 0.15) is 35.7 Å². The van der Waals surface area contributed by atoms with Crippen LogP contribution in [0.5, 0.6) is 5.75 Å². The predicted molar refractivity (Wildman–Crippen MR) is 151 cm³/mol. The number of nitrogens with zero attached hydrogens (tertiary/aromatic N) is 3. The Labute approximate surface area is 244 Å². The summed E-state index contributed by atoms with van der Waals surface area (Å²) < 4.78 is 81.6. The molecular formula is C27H33FN4O8S2. The number of aliphatic hydroxyl groups excluding tert-OH is 1. The number of carbonyl (C=O) groups is 1. The molecule has 3 aromatic rings. The summed E-state index contributed by atoms with van der Waals surface area (Å²) in [4.78, 5) is 14.8. The highest BCUT2D eigenvalue weighted by atomic mass is 32.2.